The molecule has 0 radical (unpaired) electrons. The second-order valence-electron chi connectivity index (χ2n) is 4.29. The molecule has 0 aromatic carbocycles. The fraction of sp³-hybridized carbons (Fsp3) is 0.769. The summed E-state index contributed by atoms with van der Waals surface area (Å²) < 4.78 is 32.9. The average Bonchev–Trinajstić information content (AvgIpc) is 2.94. The molecule has 2 atom stereocenters. The molecule has 1 aliphatic heterocycles. The Kier molecular flexibility index (Phi) is 7.67. The van der Waals surface area contributed by atoms with Gasteiger partial charge in [0.25, 0.3) is 0 Å². The smallest absolute Gasteiger partial charge is 0.379 e. The molecule has 1 heterocycles. The van der Waals surface area contributed by atoms with Crippen LogP contribution in [0.5, 0.6) is 0 Å². The Morgan fingerprint density at radius 3 is 2.00 bits per heavy atom. The highest BCUT2D eigenvalue weighted by Crippen LogP contribution is 2.54. The van der Waals surface area contributed by atoms with Crippen molar-refractivity contribution in [1.29, 1.82) is 0 Å². The van der Waals surface area contributed by atoms with E-state index < -0.39 is 31.6 Å². The minimum absolute atomic E-state index is 0.0654. The first-order valence-electron chi connectivity index (χ1n) is 7.41. The topological polar surface area (TPSA) is 110 Å². The lowest BCUT2D eigenvalue weighted by molar-refractivity contribution is -0.164. The van der Waals surface area contributed by atoms with Crippen molar-refractivity contribution in [3.8, 4) is 0 Å². The zero-order chi connectivity index (χ0) is 17.5. The first-order valence-corrected chi connectivity index (χ1v) is 8.95. The van der Waals surface area contributed by atoms with E-state index >= 15 is 0 Å². The maximum atomic E-state index is 12.8. The van der Waals surface area contributed by atoms with Crippen molar-refractivity contribution < 1.29 is 37.5 Å². The van der Waals surface area contributed by atoms with Crippen LogP contribution in [0.3, 0.4) is 0 Å². The van der Waals surface area contributed by atoms with Crippen LogP contribution in [0.4, 0.5) is 0 Å². The van der Waals surface area contributed by atoms with Crippen LogP contribution in [0.25, 0.3) is 0 Å². The van der Waals surface area contributed by atoms with Gasteiger partial charge in [-0.25, -0.2) is 4.79 Å². The SMILES string of the molecule is CCOC(=O)[C@@H]1C(P(=O)(OCC)OCC)=NO[C@H]1C(=O)OCC. The van der Waals surface area contributed by atoms with Crippen LogP contribution in [0.1, 0.15) is 27.7 Å². The second kappa shape index (κ2) is 9.00. The monoisotopic (exact) mass is 351 g/mol. The third-order valence-electron chi connectivity index (χ3n) is 2.78. The maximum absolute atomic E-state index is 12.8. The maximum Gasteiger partial charge on any atom is 0.379 e. The Hall–Kier alpha value is -1.44. The summed E-state index contributed by atoms with van der Waals surface area (Å²) in [6.07, 6.45) is -1.38. The normalized spacial score (nSPS) is 20.6. The molecule has 9 nitrogen and oxygen atoms in total. The molecule has 0 aliphatic carbocycles. The highest BCUT2D eigenvalue weighted by atomic mass is 31.2. The molecule has 132 valence electrons. The predicted octanol–water partition coefficient (Wildman–Crippen LogP) is 1.71. The summed E-state index contributed by atoms with van der Waals surface area (Å²) in [5, 5.41) is 3.62. The molecule has 0 fully saturated rings. The number of rotatable bonds is 9. The zero-order valence-corrected chi connectivity index (χ0v) is 14.5. The third-order valence-corrected chi connectivity index (χ3v) is 4.90. The number of nitrogens with zero attached hydrogens (tertiary/aromatic N) is 1. The van der Waals surface area contributed by atoms with E-state index in [2.05, 4.69) is 5.16 Å². The van der Waals surface area contributed by atoms with Gasteiger partial charge < -0.3 is 23.4 Å². The summed E-state index contributed by atoms with van der Waals surface area (Å²) in [5.41, 5.74) is -0.280. The first-order chi connectivity index (χ1) is 10.9. The van der Waals surface area contributed by atoms with E-state index in [9.17, 15) is 14.2 Å². The summed E-state index contributed by atoms with van der Waals surface area (Å²) in [4.78, 5) is 29.1. The van der Waals surface area contributed by atoms with Gasteiger partial charge in [0.2, 0.25) is 6.10 Å². The van der Waals surface area contributed by atoms with E-state index in [-0.39, 0.29) is 31.9 Å². The molecule has 23 heavy (non-hydrogen) atoms. The molecule has 0 saturated heterocycles. The largest absolute Gasteiger partial charge is 0.465 e. The molecular formula is C13H22NO8P. The molecule has 0 unspecified atom stereocenters. The summed E-state index contributed by atoms with van der Waals surface area (Å²) in [7, 11) is -3.88. The van der Waals surface area contributed by atoms with Crippen LogP contribution in [0, 0.1) is 5.92 Å². The molecule has 0 N–H and O–H groups in total. The molecule has 1 rings (SSSR count). The van der Waals surface area contributed by atoms with Gasteiger partial charge in [-0.3, -0.25) is 9.36 Å². The fourth-order valence-corrected chi connectivity index (χ4v) is 3.71. The zero-order valence-electron chi connectivity index (χ0n) is 13.6. The van der Waals surface area contributed by atoms with Crippen LogP contribution in [0.15, 0.2) is 5.16 Å². The number of carbonyl (C=O) groups excluding carboxylic acids is 2. The number of hydrogen-bond acceptors (Lipinski definition) is 9. The van der Waals surface area contributed by atoms with E-state index in [1.54, 1.807) is 27.7 Å². The Morgan fingerprint density at radius 1 is 1.00 bits per heavy atom. The van der Waals surface area contributed by atoms with Crippen LogP contribution in [0.2, 0.25) is 0 Å². The molecule has 0 spiro atoms. The van der Waals surface area contributed by atoms with Crippen molar-refractivity contribution in [2.45, 2.75) is 33.8 Å². The summed E-state index contributed by atoms with van der Waals surface area (Å²) >= 11 is 0. The number of hydrogen-bond donors (Lipinski definition) is 0. The highest BCUT2D eigenvalue weighted by Gasteiger charge is 2.54. The van der Waals surface area contributed by atoms with Gasteiger partial charge >= 0.3 is 19.5 Å². The van der Waals surface area contributed by atoms with Gasteiger partial charge in [-0.2, -0.15) is 0 Å². The average molecular weight is 351 g/mol. The van der Waals surface area contributed by atoms with Crippen molar-refractivity contribution in [2.75, 3.05) is 26.4 Å². The minimum atomic E-state index is -3.88. The summed E-state index contributed by atoms with van der Waals surface area (Å²) in [6.45, 7) is 6.75. The van der Waals surface area contributed by atoms with E-state index in [0.717, 1.165) is 0 Å². The van der Waals surface area contributed by atoms with Gasteiger partial charge in [0.15, 0.2) is 11.4 Å². The Morgan fingerprint density at radius 2 is 1.52 bits per heavy atom. The molecule has 0 bridgehead atoms. The van der Waals surface area contributed by atoms with Crippen LogP contribution >= 0.6 is 7.60 Å². The van der Waals surface area contributed by atoms with Gasteiger partial charge in [0.1, 0.15) is 0 Å². The van der Waals surface area contributed by atoms with Gasteiger partial charge in [-0.15, -0.1) is 0 Å². The first kappa shape index (κ1) is 19.6. The van der Waals surface area contributed by atoms with Gasteiger partial charge in [0.05, 0.1) is 26.4 Å². The van der Waals surface area contributed by atoms with E-state index in [1.807, 2.05) is 0 Å². The Labute approximate surface area is 134 Å². The molecule has 0 aromatic heterocycles. The third kappa shape index (κ3) is 4.53. The Balaban J connectivity index is 3.16. The second-order valence-corrected chi connectivity index (χ2v) is 6.26. The Bertz CT molecular complexity index is 496. The van der Waals surface area contributed by atoms with E-state index in [1.165, 1.54) is 0 Å². The lowest BCUT2D eigenvalue weighted by atomic mass is 10.0. The molecule has 0 saturated carbocycles. The lowest BCUT2D eigenvalue weighted by Gasteiger charge is -2.20. The van der Waals surface area contributed by atoms with Gasteiger partial charge in [-0.05, 0) is 27.7 Å². The molecule has 1 aliphatic rings. The van der Waals surface area contributed by atoms with Crippen molar-refractivity contribution in [3.63, 3.8) is 0 Å². The fourth-order valence-electron chi connectivity index (χ4n) is 1.96. The number of oxime groups is 1. The lowest BCUT2D eigenvalue weighted by Crippen LogP contribution is -2.39. The van der Waals surface area contributed by atoms with Crippen LogP contribution < -0.4 is 0 Å². The molecule has 0 aromatic rings. The number of carbonyl (C=O) groups is 2. The molecule has 10 heteroatoms. The van der Waals surface area contributed by atoms with Crippen molar-refractivity contribution >= 4 is 25.0 Å². The van der Waals surface area contributed by atoms with E-state index in [4.69, 9.17) is 23.4 Å². The molecular weight excluding hydrogens is 329 g/mol. The van der Waals surface area contributed by atoms with E-state index in [0.29, 0.717) is 0 Å². The van der Waals surface area contributed by atoms with Crippen molar-refractivity contribution in [3.05, 3.63) is 0 Å². The summed E-state index contributed by atoms with van der Waals surface area (Å²) in [5.74, 6) is -2.94. The van der Waals surface area contributed by atoms with Crippen molar-refractivity contribution in [1.82, 2.24) is 0 Å². The number of ether oxygens (including phenoxy) is 2. The van der Waals surface area contributed by atoms with Crippen LogP contribution in [-0.2, 0) is 37.5 Å². The highest BCUT2D eigenvalue weighted by molar-refractivity contribution is 7.72. The standard InChI is InChI=1S/C13H22NO8P/c1-5-18-12(15)9-10(13(16)19-6-2)22-14-11(9)23(17,20-7-3)21-8-4/h9-10H,5-8H2,1-4H3/t9-,10+/m0/s1. The number of esters is 2. The minimum Gasteiger partial charge on any atom is -0.465 e. The van der Waals surface area contributed by atoms with Gasteiger partial charge in [0, 0.05) is 0 Å². The van der Waals surface area contributed by atoms with Crippen molar-refractivity contribution in [2.24, 2.45) is 11.1 Å². The van der Waals surface area contributed by atoms with Crippen LogP contribution in [-0.4, -0.2) is 49.9 Å². The molecule has 0 amide bonds. The van der Waals surface area contributed by atoms with Gasteiger partial charge in [-0.1, -0.05) is 5.16 Å². The quantitative estimate of drug-likeness (QED) is 0.456. The summed E-state index contributed by atoms with van der Waals surface area (Å²) in [6, 6.07) is 0. The predicted molar refractivity (Wildman–Crippen MR) is 79.9 cm³/mol.